The minimum Gasteiger partial charge on any atom is -0.460 e. The molecule has 0 unspecified atom stereocenters. The Hall–Kier alpha value is -3.33. The molecule has 1 N–H and O–H groups in total. The molecule has 0 saturated heterocycles. The third-order valence-electron chi connectivity index (χ3n) is 5.57. The lowest BCUT2D eigenvalue weighted by atomic mass is 10.2. The maximum absolute atomic E-state index is 11.1. The summed E-state index contributed by atoms with van der Waals surface area (Å²) in [5, 5.41) is 24.8. The van der Waals surface area contributed by atoms with Crippen LogP contribution in [-0.2, 0) is 52.2 Å². The van der Waals surface area contributed by atoms with Gasteiger partial charge in [-0.3, -0.25) is 20.2 Å². The van der Waals surface area contributed by atoms with Crippen molar-refractivity contribution in [1.82, 2.24) is 0 Å². The molecule has 1 aromatic rings. The van der Waals surface area contributed by atoms with E-state index in [9.17, 15) is 25.0 Å². The van der Waals surface area contributed by atoms with E-state index in [1.165, 1.54) is 12.1 Å². The molecule has 0 radical (unpaired) electrons. The fourth-order valence-electron chi connectivity index (χ4n) is 3.31. The van der Waals surface area contributed by atoms with Gasteiger partial charge in [-0.05, 0) is 6.07 Å². The van der Waals surface area contributed by atoms with Crippen molar-refractivity contribution in [3.8, 4) is 0 Å². The number of nitrogens with zero attached hydrogens (tertiary/aromatic N) is 2. The average molecular weight is 678 g/mol. The first-order valence-electron chi connectivity index (χ1n) is 15.1. The highest BCUT2D eigenvalue weighted by Crippen LogP contribution is 2.28. The predicted molar refractivity (Wildman–Crippen MR) is 167 cm³/mol. The molecule has 0 aromatic heterocycles. The van der Waals surface area contributed by atoms with Crippen LogP contribution in [0.15, 0.2) is 30.9 Å². The molecule has 268 valence electrons. The van der Waals surface area contributed by atoms with Gasteiger partial charge in [0.25, 0.3) is 11.4 Å². The van der Waals surface area contributed by atoms with Crippen molar-refractivity contribution in [2.45, 2.75) is 0 Å². The molecular weight excluding hydrogens is 630 g/mol. The third-order valence-corrected chi connectivity index (χ3v) is 5.57. The summed E-state index contributed by atoms with van der Waals surface area (Å²) in [6, 6.07) is 3.41. The molecule has 0 atom stereocenters. The number of ether oxygens (including phenoxy) is 10. The number of carbonyl (C=O) groups is 1. The van der Waals surface area contributed by atoms with Gasteiger partial charge in [0.1, 0.15) is 12.3 Å². The van der Waals surface area contributed by atoms with E-state index in [1.807, 2.05) is 0 Å². The van der Waals surface area contributed by atoms with Gasteiger partial charge in [0.15, 0.2) is 0 Å². The molecular formula is C29H47N3O15. The summed E-state index contributed by atoms with van der Waals surface area (Å²) in [5.41, 5.74) is -0.538. The van der Waals surface area contributed by atoms with E-state index >= 15 is 0 Å². The SMILES string of the molecule is C=CC(=O)OCCOCCOCCOCCOCCOCCOCCOCCOCCOCCNc1ccc([N+](=O)[O-])cc1[N+](=O)[O-]. The summed E-state index contributed by atoms with van der Waals surface area (Å²) in [7, 11) is 0. The Labute approximate surface area is 273 Å². The van der Waals surface area contributed by atoms with Crippen LogP contribution in [0.3, 0.4) is 0 Å². The lowest BCUT2D eigenvalue weighted by Crippen LogP contribution is -2.16. The Bertz CT molecular complexity index is 986. The first-order chi connectivity index (χ1) is 23.0. The number of esters is 1. The normalized spacial score (nSPS) is 11.0. The fraction of sp³-hybridized carbons (Fsp3) is 0.690. The van der Waals surface area contributed by atoms with Gasteiger partial charge in [0, 0.05) is 18.7 Å². The van der Waals surface area contributed by atoms with Crippen molar-refractivity contribution >= 4 is 23.0 Å². The maximum Gasteiger partial charge on any atom is 0.330 e. The van der Waals surface area contributed by atoms with Gasteiger partial charge in [-0.15, -0.1) is 0 Å². The van der Waals surface area contributed by atoms with Crippen LogP contribution in [0, 0.1) is 20.2 Å². The lowest BCUT2D eigenvalue weighted by molar-refractivity contribution is -0.393. The Morgan fingerprint density at radius 2 is 0.957 bits per heavy atom. The minimum absolute atomic E-state index is 0.181. The van der Waals surface area contributed by atoms with Gasteiger partial charge >= 0.3 is 5.97 Å². The van der Waals surface area contributed by atoms with Crippen molar-refractivity contribution in [1.29, 1.82) is 0 Å². The van der Waals surface area contributed by atoms with Crippen LogP contribution in [0.1, 0.15) is 0 Å². The number of hydrogen-bond acceptors (Lipinski definition) is 16. The summed E-state index contributed by atoms with van der Waals surface area (Å²) < 4.78 is 53.3. The van der Waals surface area contributed by atoms with Gasteiger partial charge in [0.2, 0.25) is 0 Å². The third kappa shape index (κ3) is 24.5. The van der Waals surface area contributed by atoms with Gasteiger partial charge in [-0.1, -0.05) is 6.58 Å². The van der Waals surface area contributed by atoms with Crippen LogP contribution in [0.5, 0.6) is 0 Å². The van der Waals surface area contributed by atoms with Crippen LogP contribution >= 0.6 is 0 Å². The number of non-ortho nitro benzene ring substituents is 1. The number of anilines is 1. The highest BCUT2D eigenvalue weighted by molar-refractivity contribution is 5.81. The molecule has 0 fully saturated rings. The zero-order chi connectivity index (χ0) is 34.2. The molecule has 0 aliphatic heterocycles. The van der Waals surface area contributed by atoms with E-state index in [2.05, 4.69) is 11.9 Å². The quantitative estimate of drug-likeness (QED) is 0.0363. The van der Waals surface area contributed by atoms with Gasteiger partial charge in [-0.2, -0.15) is 0 Å². The van der Waals surface area contributed by atoms with Crippen LogP contribution in [-0.4, -0.2) is 148 Å². The summed E-state index contributed by atoms with van der Waals surface area (Å²) in [6.45, 7) is 11.2. The van der Waals surface area contributed by atoms with Crippen LogP contribution in [0.4, 0.5) is 17.1 Å². The Balaban J connectivity index is 1.74. The van der Waals surface area contributed by atoms with Crippen molar-refractivity contribution < 1.29 is 62.0 Å². The number of carbonyl (C=O) groups excluding carboxylic acids is 1. The number of nitro groups is 2. The second-order valence-electron chi connectivity index (χ2n) is 9.03. The molecule has 0 amide bonds. The summed E-state index contributed by atoms with van der Waals surface area (Å²) in [6.07, 6.45) is 1.10. The molecule has 0 heterocycles. The van der Waals surface area contributed by atoms with Gasteiger partial charge in [-0.25, -0.2) is 4.79 Å². The number of benzene rings is 1. The molecule has 0 bridgehead atoms. The van der Waals surface area contributed by atoms with Crippen LogP contribution in [0.2, 0.25) is 0 Å². The maximum atomic E-state index is 11.1. The molecule has 0 aliphatic carbocycles. The van der Waals surface area contributed by atoms with E-state index < -0.39 is 15.8 Å². The number of rotatable bonds is 34. The Morgan fingerprint density at radius 1 is 0.596 bits per heavy atom. The number of nitrogens with one attached hydrogen (secondary N) is 1. The molecule has 1 rings (SSSR count). The molecule has 18 heteroatoms. The fourth-order valence-corrected chi connectivity index (χ4v) is 3.31. The minimum atomic E-state index is -0.685. The van der Waals surface area contributed by atoms with Crippen LogP contribution < -0.4 is 5.32 Å². The monoisotopic (exact) mass is 677 g/mol. The first kappa shape index (κ1) is 41.7. The number of nitro benzene ring substituents is 2. The lowest BCUT2D eigenvalue weighted by Gasteiger charge is -2.09. The molecule has 18 nitrogen and oxygen atoms in total. The number of hydrogen-bond donors (Lipinski definition) is 1. The average Bonchev–Trinajstić information content (AvgIpc) is 3.06. The van der Waals surface area contributed by atoms with Gasteiger partial charge < -0.3 is 52.7 Å². The molecule has 0 aliphatic rings. The van der Waals surface area contributed by atoms with E-state index in [4.69, 9.17) is 47.4 Å². The second-order valence-corrected chi connectivity index (χ2v) is 9.03. The van der Waals surface area contributed by atoms with E-state index in [1.54, 1.807) is 0 Å². The second kappa shape index (κ2) is 30.0. The Kier molecular flexibility index (Phi) is 26.6. The highest BCUT2D eigenvalue weighted by atomic mass is 16.6. The van der Waals surface area contributed by atoms with Crippen molar-refractivity contribution in [2.75, 3.05) is 137 Å². The summed E-state index contributed by atoms with van der Waals surface area (Å²) in [4.78, 5) is 31.4. The topological polar surface area (TPSA) is 208 Å². The molecule has 47 heavy (non-hydrogen) atoms. The zero-order valence-electron chi connectivity index (χ0n) is 26.7. The van der Waals surface area contributed by atoms with E-state index in [-0.39, 0.29) is 36.8 Å². The highest BCUT2D eigenvalue weighted by Gasteiger charge is 2.19. The van der Waals surface area contributed by atoms with E-state index in [0.717, 1.165) is 12.1 Å². The van der Waals surface area contributed by atoms with Crippen LogP contribution in [0.25, 0.3) is 0 Å². The summed E-state index contributed by atoms with van der Waals surface area (Å²) >= 11 is 0. The predicted octanol–water partition coefficient (Wildman–Crippen LogP) is 1.79. The first-order valence-corrected chi connectivity index (χ1v) is 15.1. The molecule has 1 aromatic carbocycles. The van der Waals surface area contributed by atoms with E-state index in [0.29, 0.717) is 112 Å². The Morgan fingerprint density at radius 3 is 1.30 bits per heavy atom. The molecule has 0 saturated carbocycles. The van der Waals surface area contributed by atoms with Crippen molar-refractivity contribution in [3.05, 3.63) is 51.1 Å². The standard InChI is InChI=1S/C29H47N3O15/c1-2-29(33)47-24-23-46-22-21-45-20-19-44-18-17-43-16-15-42-14-13-41-12-11-40-10-9-39-8-7-38-6-5-30-27-4-3-26(31(34)35)25-28(27)32(36)37/h2-4,25,30H,1,5-24H2. The largest absolute Gasteiger partial charge is 0.460 e. The van der Waals surface area contributed by atoms with Gasteiger partial charge in [0.05, 0.1) is 135 Å². The zero-order valence-corrected chi connectivity index (χ0v) is 26.7. The van der Waals surface area contributed by atoms with Crippen molar-refractivity contribution in [3.63, 3.8) is 0 Å². The van der Waals surface area contributed by atoms with Crippen molar-refractivity contribution in [2.24, 2.45) is 0 Å². The molecule has 0 spiro atoms. The summed E-state index contributed by atoms with van der Waals surface area (Å²) in [5.74, 6) is -0.473. The smallest absolute Gasteiger partial charge is 0.330 e.